The first-order valence-corrected chi connectivity index (χ1v) is 10.00. The van der Waals surface area contributed by atoms with Crippen molar-refractivity contribution < 1.29 is 4.79 Å². The zero-order chi connectivity index (χ0) is 20.3. The van der Waals surface area contributed by atoms with Gasteiger partial charge in [0.25, 0.3) is 5.56 Å². The molecular weight excluding hydrogens is 370 g/mol. The molecule has 0 spiro atoms. The molecule has 0 saturated carbocycles. The minimum atomic E-state index is -0.202. The number of amides is 1. The molecule has 6 heteroatoms. The van der Waals surface area contributed by atoms with Gasteiger partial charge in [-0.15, -0.1) is 0 Å². The van der Waals surface area contributed by atoms with E-state index in [2.05, 4.69) is 10.4 Å². The fraction of sp³-hybridized carbons (Fsp3) is 0.227. The highest BCUT2D eigenvalue weighted by molar-refractivity contribution is 7.99. The maximum atomic E-state index is 12.3. The summed E-state index contributed by atoms with van der Waals surface area (Å²) < 4.78 is 1.37. The van der Waals surface area contributed by atoms with Crippen LogP contribution in [0, 0.1) is 27.7 Å². The van der Waals surface area contributed by atoms with Crippen LogP contribution in [0.2, 0.25) is 0 Å². The van der Waals surface area contributed by atoms with Crippen LogP contribution in [0.4, 0.5) is 5.69 Å². The van der Waals surface area contributed by atoms with Crippen LogP contribution in [0.5, 0.6) is 0 Å². The maximum absolute atomic E-state index is 12.3. The van der Waals surface area contributed by atoms with E-state index < -0.39 is 0 Å². The number of hydrogen-bond donors (Lipinski definition) is 1. The molecule has 0 atom stereocenters. The van der Waals surface area contributed by atoms with E-state index in [1.807, 2.05) is 64.1 Å². The molecule has 2 aromatic carbocycles. The van der Waals surface area contributed by atoms with Gasteiger partial charge in [0.05, 0.1) is 11.4 Å². The van der Waals surface area contributed by atoms with E-state index in [-0.39, 0.29) is 17.2 Å². The van der Waals surface area contributed by atoms with Crippen molar-refractivity contribution in [2.75, 3.05) is 11.1 Å². The van der Waals surface area contributed by atoms with Crippen LogP contribution >= 0.6 is 11.8 Å². The number of nitrogens with one attached hydrogen (secondary N) is 1. The highest BCUT2D eigenvalue weighted by atomic mass is 32.2. The minimum Gasteiger partial charge on any atom is -0.325 e. The number of carbonyl (C=O) groups is 1. The van der Waals surface area contributed by atoms with Crippen molar-refractivity contribution in [1.29, 1.82) is 0 Å². The third-order valence-corrected chi connectivity index (χ3v) is 5.44. The predicted molar refractivity (Wildman–Crippen MR) is 115 cm³/mol. The summed E-state index contributed by atoms with van der Waals surface area (Å²) in [5.74, 6) is 0.105. The summed E-state index contributed by atoms with van der Waals surface area (Å²) in [5.41, 5.74) is 5.76. The van der Waals surface area contributed by atoms with Gasteiger partial charge in [0.2, 0.25) is 5.91 Å². The topological polar surface area (TPSA) is 64.0 Å². The summed E-state index contributed by atoms with van der Waals surface area (Å²) in [5, 5.41) is 7.95. The van der Waals surface area contributed by atoms with E-state index in [4.69, 9.17) is 0 Å². The Hall–Kier alpha value is -2.86. The highest BCUT2D eigenvalue weighted by Gasteiger charge is 2.09. The molecule has 1 N–H and O–H groups in total. The van der Waals surface area contributed by atoms with Gasteiger partial charge < -0.3 is 5.32 Å². The van der Waals surface area contributed by atoms with Crippen LogP contribution in [0.1, 0.15) is 22.3 Å². The van der Waals surface area contributed by atoms with Gasteiger partial charge in [-0.25, -0.2) is 0 Å². The number of rotatable bonds is 5. The van der Waals surface area contributed by atoms with Crippen LogP contribution in [-0.4, -0.2) is 21.4 Å². The predicted octanol–water partition coefficient (Wildman–Crippen LogP) is 4.20. The Morgan fingerprint density at radius 3 is 2.46 bits per heavy atom. The molecule has 28 heavy (non-hydrogen) atoms. The molecule has 144 valence electrons. The molecule has 0 aliphatic rings. The molecule has 5 nitrogen and oxygen atoms in total. The fourth-order valence-electron chi connectivity index (χ4n) is 2.79. The molecule has 0 radical (unpaired) electrons. The molecular formula is C22H23N3O2S. The number of nitrogens with zero attached hydrogens (tertiary/aromatic N) is 2. The summed E-state index contributed by atoms with van der Waals surface area (Å²) in [6.07, 6.45) is 0. The quantitative estimate of drug-likeness (QED) is 0.660. The smallest absolute Gasteiger partial charge is 0.271 e. The Kier molecular flexibility index (Phi) is 5.99. The maximum Gasteiger partial charge on any atom is 0.271 e. The SMILES string of the molecule is Cc1ccc(NC(=O)CSc2ccc(=O)n(-c3ccc(C)c(C)c3)n2)c(C)c1. The van der Waals surface area contributed by atoms with E-state index in [0.717, 1.165) is 33.6 Å². The average Bonchev–Trinajstić information content (AvgIpc) is 2.66. The first-order chi connectivity index (χ1) is 13.3. The van der Waals surface area contributed by atoms with Crippen molar-refractivity contribution in [2.24, 2.45) is 0 Å². The molecule has 0 aliphatic heterocycles. The number of aryl methyl sites for hydroxylation is 4. The lowest BCUT2D eigenvalue weighted by molar-refractivity contribution is -0.113. The van der Waals surface area contributed by atoms with Crippen LogP contribution < -0.4 is 10.9 Å². The van der Waals surface area contributed by atoms with Crippen molar-refractivity contribution in [2.45, 2.75) is 32.7 Å². The first kappa shape index (κ1) is 19.9. The van der Waals surface area contributed by atoms with Crippen molar-refractivity contribution in [3.8, 4) is 5.69 Å². The summed E-state index contributed by atoms with van der Waals surface area (Å²) in [4.78, 5) is 24.5. The number of thioether (sulfide) groups is 1. The number of hydrogen-bond acceptors (Lipinski definition) is 4. The first-order valence-electron chi connectivity index (χ1n) is 9.01. The fourth-order valence-corrected chi connectivity index (χ4v) is 3.45. The largest absolute Gasteiger partial charge is 0.325 e. The van der Waals surface area contributed by atoms with Gasteiger partial charge in [-0.2, -0.15) is 9.78 Å². The van der Waals surface area contributed by atoms with E-state index in [1.54, 1.807) is 6.07 Å². The van der Waals surface area contributed by atoms with Gasteiger partial charge in [0.15, 0.2) is 0 Å². The summed E-state index contributed by atoms with van der Waals surface area (Å²) in [6, 6.07) is 14.8. The van der Waals surface area contributed by atoms with Gasteiger partial charge >= 0.3 is 0 Å². The Morgan fingerprint density at radius 2 is 1.75 bits per heavy atom. The lowest BCUT2D eigenvalue weighted by atomic mass is 10.1. The molecule has 0 bridgehead atoms. The summed E-state index contributed by atoms with van der Waals surface area (Å²) in [7, 11) is 0. The van der Waals surface area contributed by atoms with Crippen LogP contribution in [-0.2, 0) is 4.79 Å². The second-order valence-corrected chi connectivity index (χ2v) is 7.84. The molecule has 0 unspecified atom stereocenters. The molecule has 3 aromatic rings. The number of aromatic nitrogens is 2. The molecule has 0 saturated heterocycles. The third-order valence-electron chi connectivity index (χ3n) is 4.52. The van der Waals surface area contributed by atoms with Gasteiger partial charge in [0.1, 0.15) is 5.03 Å². The van der Waals surface area contributed by atoms with Crippen LogP contribution in [0.25, 0.3) is 5.69 Å². The number of carbonyl (C=O) groups excluding carboxylic acids is 1. The molecule has 1 amide bonds. The van der Waals surface area contributed by atoms with E-state index in [1.165, 1.54) is 22.5 Å². The van der Waals surface area contributed by atoms with Crippen molar-refractivity contribution in [3.05, 3.63) is 81.1 Å². The zero-order valence-corrected chi connectivity index (χ0v) is 17.3. The number of anilines is 1. The van der Waals surface area contributed by atoms with Gasteiger partial charge in [-0.3, -0.25) is 9.59 Å². The van der Waals surface area contributed by atoms with E-state index >= 15 is 0 Å². The van der Waals surface area contributed by atoms with E-state index in [9.17, 15) is 9.59 Å². The lowest BCUT2D eigenvalue weighted by Gasteiger charge is -2.10. The van der Waals surface area contributed by atoms with Gasteiger partial charge in [0, 0.05) is 11.8 Å². The van der Waals surface area contributed by atoms with Gasteiger partial charge in [-0.05, 0) is 68.7 Å². The molecule has 1 heterocycles. The second-order valence-electron chi connectivity index (χ2n) is 6.85. The normalized spacial score (nSPS) is 10.7. The Bertz CT molecular complexity index is 1090. The van der Waals surface area contributed by atoms with Gasteiger partial charge in [-0.1, -0.05) is 35.5 Å². The standard InChI is InChI=1S/C22H23N3O2S/c1-14-5-8-19(17(4)11-14)23-20(26)13-28-21-9-10-22(27)25(24-21)18-7-6-15(2)16(3)12-18/h5-12H,13H2,1-4H3,(H,23,26). The second kappa shape index (κ2) is 8.44. The van der Waals surface area contributed by atoms with Crippen LogP contribution in [0.15, 0.2) is 58.4 Å². The monoisotopic (exact) mass is 393 g/mol. The third kappa shape index (κ3) is 4.70. The Labute approximate surface area is 168 Å². The Morgan fingerprint density at radius 1 is 0.964 bits per heavy atom. The zero-order valence-electron chi connectivity index (χ0n) is 16.4. The lowest BCUT2D eigenvalue weighted by Crippen LogP contribution is -2.21. The summed E-state index contributed by atoms with van der Waals surface area (Å²) >= 11 is 1.30. The molecule has 0 fully saturated rings. The summed E-state index contributed by atoms with van der Waals surface area (Å²) in [6.45, 7) is 8.01. The number of benzene rings is 2. The Balaban J connectivity index is 1.71. The van der Waals surface area contributed by atoms with Crippen LogP contribution in [0.3, 0.4) is 0 Å². The molecule has 3 rings (SSSR count). The molecule has 1 aromatic heterocycles. The van der Waals surface area contributed by atoms with Crippen molar-refractivity contribution in [3.63, 3.8) is 0 Å². The van der Waals surface area contributed by atoms with Crippen molar-refractivity contribution >= 4 is 23.4 Å². The minimum absolute atomic E-state index is 0.109. The van der Waals surface area contributed by atoms with Crippen molar-refractivity contribution in [1.82, 2.24) is 9.78 Å². The molecule has 0 aliphatic carbocycles. The average molecular weight is 394 g/mol. The highest BCUT2D eigenvalue weighted by Crippen LogP contribution is 2.19. The van der Waals surface area contributed by atoms with E-state index in [0.29, 0.717) is 5.03 Å².